The molecule has 1 aromatic heterocycles. The summed E-state index contributed by atoms with van der Waals surface area (Å²) >= 11 is 0. The summed E-state index contributed by atoms with van der Waals surface area (Å²) in [5.74, 6) is 1.94. The molecule has 144 valence electrons. The molecule has 0 amide bonds. The predicted octanol–water partition coefficient (Wildman–Crippen LogP) is 3.42. The van der Waals surface area contributed by atoms with Gasteiger partial charge < -0.3 is 20.3 Å². The van der Waals surface area contributed by atoms with Gasteiger partial charge in [-0.15, -0.1) is 0 Å². The summed E-state index contributed by atoms with van der Waals surface area (Å²) in [6, 6.07) is 6.75. The Morgan fingerprint density at radius 3 is 2.44 bits per heavy atom. The van der Waals surface area contributed by atoms with E-state index in [9.17, 15) is 0 Å². The number of morpholine rings is 1. The number of benzene rings is 1. The monoisotopic (exact) mass is 368 g/mol. The fourth-order valence-electron chi connectivity index (χ4n) is 3.59. The van der Waals surface area contributed by atoms with Crippen molar-refractivity contribution in [3.8, 4) is 0 Å². The number of aryl methyl sites for hydroxylation is 2. The molecule has 2 fully saturated rings. The summed E-state index contributed by atoms with van der Waals surface area (Å²) in [4.78, 5) is 16.2. The molecular weight excluding hydrogens is 340 g/mol. The highest BCUT2D eigenvalue weighted by atomic mass is 16.5. The number of aromatic nitrogens is 3. The van der Waals surface area contributed by atoms with E-state index in [0.29, 0.717) is 37.1 Å². The number of anilines is 4. The lowest BCUT2D eigenvalue weighted by Gasteiger charge is -2.27. The first kappa shape index (κ1) is 18.0. The molecule has 7 heteroatoms. The van der Waals surface area contributed by atoms with Crippen LogP contribution in [0.4, 0.5) is 23.5 Å². The first-order valence-electron chi connectivity index (χ1n) is 9.87. The van der Waals surface area contributed by atoms with Crippen molar-refractivity contribution in [2.45, 2.75) is 45.6 Å². The summed E-state index contributed by atoms with van der Waals surface area (Å²) in [6.07, 6.45) is 4.90. The Morgan fingerprint density at radius 1 is 0.963 bits per heavy atom. The van der Waals surface area contributed by atoms with Gasteiger partial charge in [-0.1, -0.05) is 18.9 Å². The molecule has 1 aliphatic carbocycles. The minimum atomic E-state index is 0.458. The standard InChI is InChI=1S/C20H28N6O/c1-14-7-8-17(13-15(14)2)22-19-23-18(21-16-5-3-4-6-16)24-20(25-19)26-9-11-27-12-10-26/h7-8,13,16H,3-6,9-12H2,1-2H3,(H2,21,22,23,24,25). The Kier molecular flexibility index (Phi) is 5.38. The normalized spacial score (nSPS) is 17.9. The van der Waals surface area contributed by atoms with Crippen LogP contribution in [0.15, 0.2) is 18.2 Å². The Bertz CT molecular complexity index is 784. The summed E-state index contributed by atoms with van der Waals surface area (Å²) in [7, 11) is 0. The molecule has 2 heterocycles. The van der Waals surface area contributed by atoms with Gasteiger partial charge in [0.25, 0.3) is 0 Å². The van der Waals surface area contributed by atoms with Crippen LogP contribution in [0.5, 0.6) is 0 Å². The third kappa shape index (κ3) is 4.47. The second kappa shape index (κ2) is 8.08. The van der Waals surface area contributed by atoms with Crippen molar-refractivity contribution in [1.29, 1.82) is 0 Å². The fourth-order valence-corrected chi connectivity index (χ4v) is 3.59. The molecule has 2 aliphatic rings. The molecule has 0 atom stereocenters. The van der Waals surface area contributed by atoms with Crippen molar-refractivity contribution in [2.75, 3.05) is 41.8 Å². The number of hydrogen-bond donors (Lipinski definition) is 2. The maximum absolute atomic E-state index is 5.47. The largest absolute Gasteiger partial charge is 0.378 e. The molecule has 0 radical (unpaired) electrons. The molecule has 2 aromatic rings. The highest BCUT2D eigenvalue weighted by Crippen LogP contribution is 2.24. The van der Waals surface area contributed by atoms with Gasteiger partial charge in [0.1, 0.15) is 0 Å². The zero-order valence-corrected chi connectivity index (χ0v) is 16.2. The molecule has 1 aliphatic heterocycles. The second-order valence-electron chi connectivity index (χ2n) is 7.43. The van der Waals surface area contributed by atoms with Crippen LogP contribution in [0, 0.1) is 13.8 Å². The van der Waals surface area contributed by atoms with E-state index in [-0.39, 0.29) is 0 Å². The van der Waals surface area contributed by atoms with Crippen molar-refractivity contribution < 1.29 is 4.74 Å². The molecule has 0 unspecified atom stereocenters. The zero-order chi connectivity index (χ0) is 18.6. The lowest BCUT2D eigenvalue weighted by atomic mass is 10.1. The molecule has 1 saturated carbocycles. The van der Waals surface area contributed by atoms with Crippen molar-refractivity contribution in [2.24, 2.45) is 0 Å². The summed E-state index contributed by atoms with van der Waals surface area (Å²) < 4.78 is 5.47. The van der Waals surface area contributed by atoms with Gasteiger partial charge >= 0.3 is 0 Å². The van der Waals surface area contributed by atoms with Gasteiger partial charge in [-0.3, -0.25) is 0 Å². The van der Waals surface area contributed by atoms with Gasteiger partial charge in [0.2, 0.25) is 17.8 Å². The summed E-state index contributed by atoms with van der Waals surface area (Å²) in [6.45, 7) is 7.24. The van der Waals surface area contributed by atoms with Crippen molar-refractivity contribution in [3.63, 3.8) is 0 Å². The zero-order valence-electron chi connectivity index (χ0n) is 16.2. The Hall–Kier alpha value is -2.41. The smallest absolute Gasteiger partial charge is 0.233 e. The number of hydrogen-bond acceptors (Lipinski definition) is 7. The van der Waals surface area contributed by atoms with Crippen LogP contribution in [0.1, 0.15) is 36.8 Å². The van der Waals surface area contributed by atoms with E-state index in [4.69, 9.17) is 9.72 Å². The molecule has 4 rings (SSSR count). The number of ether oxygens (including phenoxy) is 1. The van der Waals surface area contributed by atoms with E-state index in [1.807, 2.05) is 0 Å². The van der Waals surface area contributed by atoms with E-state index < -0.39 is 0 Å². The maximum atomic E-state index is 5.47. The van der Waals surface area contributed by atoms with Gasteiger partial charge in [0, 0.05) is 24.8 Å². The Morgan fingerprint density at radius 2 is 1.70 bits per heavy atom. The van der Waals surface area contributed by atoms with Crippen LogP contribution < -0.4 is 15.5 Å². The van der Waals surface area contributed by atoms with E-state index in [1.165, 1.54) is 36.8 Å². The van der Waals surface area contributed by atoms with Crippen LogP contribution in [0.3, 0.4) is 0 Å². The average Bonchev–Trinajstić information content (AvgIpc) is 3.18. The number of rotatable bonds is 5. The topological polar surface area (TPSA) is 75.2 Å². The highest BCUT2D eigenvalue weighted by molar-refractivity contribution is 5.58. The molecular formula is C20H28N6O. The lowest BCUT2D eigenvalue weighted by Crippen LogP contribution is -2.37. The third-order valence-corrected chi connectivity index (χ3v) is 5.37. The SMILES string of the molecule is Cc1ccc(Nc2nc(NC3CCCC3)nc(N3CCOCC3)n2)cc1C. The van der Waals surface area contributed by atoms with Gasteiger partial charge in [-0.25, -0.2) is 0 Å². The molecule has 1 aromatic carbocycles. The van der Waals surface area contributed by atoms with Crippen LogP contribution in [0.2, 0.25) is 0 Å². The van der Waals surface area contributed by atoms with Crippen LogP contribution >= 0.6 is 0 Å². The van der Waals surface area contributed by atoms with Crippen LogP contribution in [-0.2, 0) is 4.74 Å². The van der Waals surface area contributed by atoms with Gasteiger partial charge in [0.15, 0.2) is 0 Å². The van der Waals surface area contributed by atoms with Crippen molar-refractivity contribution in [3.05, 3.63) is 29.3 Å². The summed E-state index contributed by atoms with van der Waals surface area (Å²) in [5.41, 5.74) is 3.50. The second-order valence-corrected chi connectivity index (χ2v) is 7.43. The molecule has 7 nitrogen and oxygen atoms in total. The molecule has 2 N–H and O–H groups in total. The van der Waals surface area contributed by atoms with E-state index >= 15 is 0 Å². The minimum Gasteiger partial charge on any atom is -0.378 e. The molecule has 1 saturated heterocycles. The minimum absolute atomic E-state index is 0.458. The first-order chi connectivity index (χ1) is 13.2. The van der Waals surface area contributed by atoms with E-state index in [2.05, 4.69) is 57.5 Å². The van der Waals surface area contributed by atoms with E-state index in [1.54, 1.807) is 0 Å². The van der Waals surface area contributed by atoms with Gasteiger partial charge in [-0.05, 0) is 49.9 Å². The van der Waals surface area contributed by atoms with Gasteiger partial charge in [-0.2, -0.15) is 15.0 Å². The highest BCUT2D eigenvalue weighted by Gasteiger charge is 2.20. The molecule has 0 bridgehead atoms. The third-order valence-electron chi connectivity index (χ3n) is 5.37. The Balaban J connectivity index is 1.60. The van der Waals surface area contributed by atoms with Crippen LogP contribution in [-0.4, -0.2) is 47.3 Å². The lowest BCUT2D eigenvalue weighted by molar-refractivity contribution is 0.122. The van der Waals surface area contributed by atoms with Crippen molar-refractivity contribution in [1.82, 2.24) is 15.0 Å². The average molecular weight is 368 g/mol. The van der Waals surface area contributed by atoms with E-state index in [0.717, 1.165) is 18.8 Å². The maximum Gasteiger partial charge on any atom is 0.233 e. The fraction of sp³-hybridized carbons (Fsp3) is 0.550. The van der Waals surface area contributed by atoms with Crippen molar-refractivity contribution >= 4 is 23.5 Å². The first-order valence-corrected chi connectivity index (χ1v) is 9.87. The molecule has 0 spiro atoms. The molecule has 27 heavy (non-hydrogen) atoms. The number of nitrogens with zero attached hydrogens (tertiary/aromatic N) is 4. The van der Waals surface area contributed by atoms with Crippen LogP contribution in [0.25, 0.3) is 0 Å². The number of nitrogens with one attached hydrogen (secondary N) is 2. The predicted molar refractivity (Wildman–Crippen MR) is 108 cm³/mol. The quantitative estimate of drug-likeness (QED) is 0.837. The Labute approximate surface area is 160 Å². The van der Waals surface area contributed by atoms with Gasteiger partial charge in [0.05, 0.1) is 13.2 Å². The summed E-state index contributed by atoms with van der Waals surface area (Å²) in [5, 5.41) is 6.86.